The van der Waals surface area contributed by atoms with Crippen LogP contribution in [0.4, 0.5) is 0 Å². The summed E-state index contributed by atoms with van der Waals surface area (Å²) in [6.45, 7) is 6.35. The van der Waals surface area contributed by atoms with Gasteiger partial charge in [-0.25, -0.2) is 0 Å². The monoisotopic (exact) mass is 248 g/mol. The van der Waals surface area contributed by atoms with E-state index in [1.807, 2.05) is 0 Å². The maximum Gasteiger partial charge on any atom is 0.159 e. The summed E-state index contributed by atoms with van der Waals surface area (Å²) in [5, 5.41) is 9.85. The molecule has 0 amide bonds. The van der Waals surface area contributed by atoms with E-state index in [4.69, 9.17) is 0 Å². The van der Waals surface area contributed by atoms with Crippen molar-refractivity contribution in [2.45, 2.75) is 13.5 Å². The second kappa shape index (κ2) is 5.50. The number of aromatic hydroxyl groups is 1. The standard InChI is InChI=1S/C14H20N2O2/c1-11(17)12-3-4-14(18)13(9-12)10-16-7-5-15(2)6-8-16/h3-4,9,18H,5-8,10H2,1-2H3. The van der Waals surface area contributed by atoms with Crippen LogP contribution in [0.5, 0.6) is 5.75 Å². The Balaban J connectivity index is 2.08. The minimum atomic E-state index is 0.0367. The van der Waals surface area contributed by atoms with Crippen molar-refractivity contribution >= 4 is 5.78 Å². The first kappa shape index (κ1) is 13.1. The molecule has 0 atom stereocenters. The van der Waals surface area contributed by atoms with E-state index < -0.39 is 0 Å². The van der Waals surface area contributed by atoms with Crippen molar-refractivity contribution in [3.63, 3.8) is 0 Å². The molecule has 0 bridgehead atoms. The number of phenolic OH excluding ortho intramolecular Hbond substituents is 1. The number of nitrogens with zero attached hydrogens (tertiary/aromatic N) is 2. The largest absolute Gasteiger partial charge is 0.508 e. The number of carbonyl (C=O) groups is 1. The molecule has 4 heteroatoms. The molecular weight excluding hydrogens is 228 g/mol. The van der Waals surface area contributed by atoms with Gasteiger partial charge < -0.3 is 10.0 Å². The lowest BCUT2D eigenvalue weighted by Crippen LogP contribution is -2.43. The van der Waals surface area contributed by atoms with Gasteiger partial charge in [0.25, 0.3) is 0 Å². The van der Waals surface area contributed by atoms with E-state index in [0.717, 1.165) is 31.7 Å². The third kappa shape index (κ3) is 3.09. The topological polar surface area (TPSA) is 43.8 Å². The fraction of sp³-hybridized carbons (Fsp3) is 0.500. The van der Waals surface area contributed by atoms with E-state index in [1.165, 1.54) is 0 Å². The molecule has 1 aromatic rings. The molecule has 0 spiro atoms. The Morgan fingerprint density at radius 2 is 1.94 bits per heavy atom. The van der Waals surface area contributed by atoms with Gasteiger partial charge >= 0.3 is 0 Å². The molecule has 0 aromatic heterocycles. The van der Waals surface area contributed by atoms with Gasteiger partial charge in [-0.2, -0.15) is 0 Å². The summed E-state index contributed by atoms with van der Waals surface area (Å²) in [4.78, 5) is 15.9. The number of piperazine rings is 1. The number of ketones is 1. The number of benzene rings is 1. The third-order valence-corrected chi connectivity index (χ3v) is 3.48. The quantitative estimate of drug-likeness (QED) is 0.820. The number of carbonyl (C=O) groups excluding carboxylic acids is 1. The summed E-state index contributed by atoms with van der Waals surface area (Å²) in [5.41, 5.74) is 1.50. The minimum Gasteiger partial charge on any atom is -0.508 e. The number of Topliss-reactive ketones (excluding diaryl/α,β-unsaturated/α-hetero) is 1. The van der Waals surface area contributed by atoms with Gasteiger partial charge in [-0.15, -0.1) is 0 Å². The molecule has 0 radical (unpaired) electrons. The minimum absolute atomic E-state index is 0.0367. The van der Waals surface area contributed by atoms with E-state index in [1.54, 1.807) is 25.1 Å². The lowest BCUT2D eigenvalue weighted by Gasteiger charge is -2.32. The van der Waals surface area contributed by atoms with Crippen LogP contribution in [0.25, 0.3) is 0 Å². The van der Waals surface area contributed by atoms with Crippen LogP contribution in [-0.2, 0) is 6.54 Å². The molecule has 2 rings (SSSR count). The van der Waals surface area contributed by atoms with Gasteiger partial charge in [-0.3, -0.25) is 9.69 Å². The molecule has 18 heavy (non-hydrogen) atoms. The molecule has 0 aliphatic carbocycles. The highest BCUT2D eigenvalue weighted by Crippen LogP contribution is 2.21. The Hall–Kier alpha value is -1.39. The SMILES string of the molecule is CC(=O)c1ccc(O)c(CN2CCN(C)CC2)c1. The molecule has 1 aliphatic rings. The number of hydrogen-bond acceptors (Lipinski definition) is 4. The van der Waals surface area contributed by atoms with Crippen LogP contribution in [0.3, 0.4) is 0 Å². The van der Waals surface area contributed by atoms with Crippen molar-refractivity contribution in [2.75, 3.05) is 33.2 Å². The number of likely N-dealkylation sites (N-methyl/N-ethyl adjacent to an activating group) is 1. The first-order valence-corrected chi connectivity index (χ1v) is 6.30. The van der Waals surface area contributed by atoms with Crippen LogP contribution < -0.4 is 0 Å². The van der Waals surface area contributed by atoms with Gasteiger partial charge in [0, 0.05) is 43.9 Å². The zero-order valence-corrected chi connectivity index (χ0v) is 11.0. The first-order chi connectivity index (χ1) is 8.56. The van der Waals surface area contributed by atoms with E-state index in [9.17, 15) is 9.90 Å². The predicted molar refractivity (Wildman–Crippen MR) is 70.9 cm³/mol. The average Bonchev–Trinajstić information content (AvgIpc) is 2.34. The van der Waals surface area contributed by atoms with Crippen LogP contribution >= 0.6 is 0 Å². The molecule has 1 saturated heterocycles. The highest BCUT2D eigenvalue weighted by atomic mass is 16.3. The molecule has 0 saturated carbocycles. The summed E-state index contributed by atoms with van der Waals surface area (Å²) in [7, 11) is 2.12. The normalized spacial score (nSPS) is 17.9. The molecule has 1 N–H and O–H groups in total. The summed E-state index contributed by atoms with van der Waals surface area (Å²) in [6.07, 6.45) is 0. The van der Waals surface area contributed by atoms with E-state index in [0.29, 0.717) is 12.1 Å². The highest BCUT2D eigenvalue weighted by molar-refractivity contribution is 5.94. The van der Waals surface area contributed by atoms with Crippen LogP contribution in [0.1, 0.15) is 22.8 Å². The molecular formula is C14H20N2O2. The summed E-state index contributed by atoms with van der Waals surface area (Å²) in [5.74, 6) is 0.313. The van der Waals surface area contributed by atoms with Crippen molar-refractivity contribution in [3.05, 3.63) is 29.3 Å². The second-order valence-electron chi connectivity index (χ2n) is 4.98. The molecule has 0 unspecified atom stereocenters. The van der Waals surface area contributed by atoms with E-state index >= 15 is 0 Å². The molecule has 1 heterocycles. The van der Waals surface area contributed by atoms with Crippen molar-refractivity contribution in [1.82, 2.24) is 9.80 Å². The predicted octanol–water partition coefficient (Wildman–Crippen LogP) is 1.34. The second-order valence-corrected chi connectivity index (χ2v) is 4.98. The Morgan fingerprint density at radius 1 is 1.28 bits per heavy atom. The van der Waals surface area contributed by atoms with Gasteiger partial charge in [0.05, 0.1) is 0 Å². The number of hydrogen-bond donors (Lipinski definition) is 1. The Labute approximate surface area is 108 Å². The van der Waals surface area contributed by atoms with Gasteiger partial charge in [-0.1, -0.05) is 0 Å². The smallest absolute Gasteiger partial charge is 0.159 e. The molecule has 1 aliphatic heterocycles. The molecule has 98 valence electrons. The molecule has 1 aromatic carbocycles. The maximum atomic E-state index is 11.3. The fourth-order valence-corrected chi connectivity index (χ4v) is 2.18. The van der Waals surface area contributed by atoms with E-state index in [-0.39, 0.29) is 11.5 Å². The fourth-order valence-electron chi connectivity index (χ4n) is 2.18. The summed E-state index contributed by atoms with van der Waals surface area (Å²) in [6, 6.07) is 5.09. The summed E-state index contributed by atoms with van der Waals surface area (Å²) < 4.78 is 0. The van der Waals surface area contributed by atoms with Crippen molar-refractivity contribution in [3.8, 4) is 5.75 Å². The van der Waals surface area contributed by atoms with Crippen molar-refractivity contribution in [2.24, 2.45) is 0 Å². The number of phenols is 1. The highest BCUT2D eigenvalue weighted by Gasteiger charge is 2.15. The van der Waals surface area contributed by atoms with Crippen LogP contribution in [-0.4, -0.2) is 53.9 Å². The zero-order valence-electron chi connectivity index (χ0n) is 11.0. The lowest BCUT2D eigenvalue weighted by atomic mass is 10.1. The van der Waals surface area contributed by atoms with Crippen LogP contribution in [0.15, 0.2) is 18.2 Å². The average molecular weight is 248 g/mol. The van der Waals surface area contributed by atoms with Crippen molar-refractivity contribution < 1.29 is 9.90 Å². The first-order valence-electron chi connectivity index (χ1n) is 6.30. The Bertz CT molecular complexity index is 437. The number of rotatable bonds is 3. The maximum absolute atomic E-state index is 11.3. The molecule has 1 fully saturated rings. The zero-order chi connectivity index (χ0) is 13.1. The molecule has 4 nitrogen and oxygen atoms in total. The van der Waals surface area contributed by atoms with Crippen LogP contribution in [0.2, 0.25) is 0 Å². The van der Waals surface area contributed by atoms with Gasteiger partial charge in [-0.05, 0) is 32.2 Å². The van der Waals surface area contributed by atoms with Gasteiger partial charge in [0.15, 0.2) is 5.78 Å². The van der Waals surface area contributed by atoms with Gasteiger partial charge in [0.2, 0.25) is 0 Å². The third-order valence-electron chi connectivity index (χ3n) is 3.48. The van der Waals surface area contributed by atoms with Crippen molar-refractivity contribution in [1.29, 1.82) is 0 Å². The summed E-state index contributed by atoms with van der Waals surface area (Å²) >= 11 is 0. The lowest BCUT2D eigenvalue weighted by molar-refractivity contribution is 0.101. The Morgan fingerprint density at radius 3 is 2.56 bits per heavy atom. The Kier molecular flexibility index (Phi) is 3.99. The van der Waals surface area contributed by atoms with E-state index in [2.05, 4.69) is 16.8 Å². The van der Waals surface area contributed by atoms with Crippen LogP contribution in [0, 0.1) is 0 Å². The van der Waals surface area contributed by atoms with Gasteiger partial charge in [0.1, 0.15) is 5.75 Å².